The number of fused-ring (bicyclic) bond motifs is 1. The maximum absolute atomic E-state index is 12.2. The number of carbonyl (C=O) groups is 1. The summed E-state index contributed by atoms with van der Waals surface area (Å²) in [4.78, 5) is 15.3. The lowest BCUT2D eigenvalue weighted by molar-refractivity contribution is -0.117. The smallest absolute Gasteiger partial charge is 0.262 e. The third-order valence-corrected chi connectivity index (χ3v) is 3.58. The summed E-state index contributed by atoms with van der Waals surface area (Å²) in [6.07, 6.45) is 3.41. The van der Waals surface area contributed by atoms with E-state index in [1.807, 2.05) is 60.7 Å². The maximum atomic E-state index is 12.2. The van der Waals surface area contributed by atoms with E-state index >= 15 is 0 Å². The minimum Gasteiger partial charge on any atom is -0.361 e. The molecule has 2 aromatic carbocycles. The van der Waals surface area contributed by atoms with Crippen molar-refractivity contribution in [3.63, 3.8) is 0 Å². The van der Waals surface area contributed by atoms with Crippen LogP contribution in [0.15, 0.2) is 66.4 Å². The predicted molar refractivity (Wildman–Crippen MR) is 90.2 cm³/mol. The van der Waals surface area contributed by atoms with E-state index in [1.54, 1.807) is 12.3 Å². The van der Waals surface area contributed by atoms with Gasteiger partial charge in [-0.2, -0.15) is 5.26 Å². The first-order valence-corrected chi connectivity index (χ1v) is 7.28. The molecular formula is C19H15N3O. The lowest BCUT2D eigenvalue weighted by Crippen LogP contribution is -2.23. The Morgan fingerprint density at radius 3 is 2.65 bits per heavy atom. The van der Waals surface area contributed by atoms with E-state index in [1.165, 1.54) is 0 Å². The molecule has 23 heavy (non-hydrogen) atoms. The quantitative estimate of drug-likeness (QED) is 0.573. The van der Waals surface area contributed by atoms with Gasteiger partial charge in [0.1, 0.15) is 11.6 Å². The Morgan fingerprint density at radius 2 is 1.87 bits per heavy atom. The molecule has 4 heteroatoms. The fourth-order valence-corrected chi connectivity index (χ4v) is 2.39. The summed E-state index contributed by atoms with van der Waals surface area (Å²) in [6, 6.07) is 19.3. The van der Waals surface area contributed by atoms with Gasteiger partial charge in [0.25, 0.3) is 5.91 Å². The Labute approximate surface area is 134 Å². The van der Waals surface area contributed by atoms with Gasteiger partial charge in [-0.25, -0.2) is 0 Å². The molecule has 2 N–H and O–H groups in total. The molecule has 0 aliphatic carbocycles. The lowest BCUT2D eigenvalue weighted by Gasteiger charge is -2.04. The number of rotatable bonds is 4. The Bertz CT molecular complexity index is 901. The SMILES string of the molecule is N#C/C(=C\c1c[nH]c2ccccc12)C(=O)NCc1ccccc1. The number of hydrogen-bond acceptors (Lipinski definition) is 2. The summed E-state index contributed by atoms with van der Waals surface area (Å²) >= 11 is 0. The molecule has 0 aliphatic rings. The second kappa shape index (κ2) is 6.63. The van der Waals surface area contributed by atoms with Gasteiger partial charge in [-0.15, -0.1) is 0 Å². The Balaban J connectivity index is 1.79. The molecule has 0 aliphatic heterocycles. The Hall–Kier alpha value is -3.32. The Kier molecular flexibility index (Phi) is 4.21. The van der Waals surface area contributed by atoms with E-state index in [0.29, 0.717) is 6.54 Å². The number of amides is 1. The van der Waals surface area contributed by atoms with Crippen molar-refractivity contribution in [1.29, 1.82) is 5.26 Å². The minimum atomic E-state index is -0.373. The first kappa shape index (κ1) is 14.6. The lowest BCUT2D eigenvalue weighted by atomic mass is 10.1. The van der Waals surface area contributed by atoms with Crippen LogP contribution in [0.3, 0.4) is 0 Å². The number of nitrogens with zero attached hydrogens (tertiary/aromatic N) is 1. The van der Waals surface area contributed by atoms with Crippen LogP contribution >= 0.6 is 0 Å². The number of H-pyrrole nitrogens is 1. The number of aromatic amines is 1. The summed E-state index contributed by atoms with van der Waals surface area (Å²) in [6.45, 7) is 0.395. The number of nitriles is 1. The molecule has 0 saturated carbocycles. The second-order valence-electron chi connectivity index (χ2n) is 5.13. The molecule has 0 bridgehead atoms. The molecule has 0 atom stereocenters. The van der Waals surface area contributed by atoms with Crippen LogP contribution in [-0.2, 0) is 11.3 Å². The monoisotopic (exact) mass is 301 g/mol. The van der Waals surface area contributed by atoms with Gasteiger partial charge in [0.05, 0.1) is 0 Å². The fraction of sp³-hybridized carbons (Fsp3) is 0.0526. The highest BCUT2D eigenvalue weighted by Crippen LogP contribution is 2.20. The molecule has 3 rings (SSSR count). The standard InChI is InChI=1S/C19H15N3O/c20-11-15(19(23)22-12-14-6-2-1-3-7-14)10-16-13-21-18-9-5-4-8-17(16)18/h1-10,13,21H,12H2,(H,22,23)/b15-10+. The van der Waals surface area contributed by atoms with Crippen LogP contribution in [0.25, 0.3) is 17.0 Å². The zero-order valence-corrected chi connectivity index (χ0v) is 12.4. The van der Waals surface area contributed by atoms with Crippen LogP contribution in [0.4, 0.5) is 0 Å². The molecular weight excluding hydrogens is 286 g/mol. The molecule has 0 spiro atoms. The van der Waals surface area contributed by atoms with Crippen LogP contribution in [-0.4, -0.2) is 10.9 Å². The van der Waals surface area contributed by atoms with Crippen molar-refractivity contribution >= 4 is 22.9 Å². The van der Waals surface area contributed by atoms with Gasteiger partial charge in [-0.05, 0) is 17.7 Å². The normalized spacial score (nSPS) is 11.2. The van der Waals surface area contributed by atoms with Crippen LogP contribution in [0.5, 0.6) is 0 Å². The second-order valence-corrected chi connectivity index (χ2v) is 5.13. The molecule has 0 radical (unpaired) electrons. The zero-order chi connectivity index (χ0) is 16.1. The summed E-state index contributed by atoms with van der Waals surface area (Å²) in [5.74, 6) is -0.373. The third kappa shape index (κ3) is 3.30. The van der Waals surface area contributed by atoms with Crippen molar-refractivity contribution in [3.8, 4) is 6.07 Å². The van der Waals surface area contributed by atoms with Crippen molar-refractivity contribution in [3.05, 3.63) is 77.5 Å². The van der Waals surface area contributed by atoms with Crippen LogP contribution < -0.4 is 5.32 Å². The summed E-state index contributed by atoms with van der Waals surface area (Å²) in [7, 11) is 0. The number of nitrogens with one attached hydrogen (secondary N) is 2. The first-order chi connectivity index (χ1) is 11.3. The van der Waals surface area contributed by atoms with Crippen molar-refractivity contribution in [2.45, 2.75) is 6.54 Å². The topological polar surface area (TPSA) is 68.7 Å². The molecule has 0 saturated heterocycles. The van der Waals surface area contributed by atoms with Gasteiger partial charge in [0, 0.05) is 29.2 Å². The van der Waals surface area contributed by atoms with Crippen molar-refractivity contribution in [1.82, 2.24) is 10.3 Å². The van der Waals surface area contributed by atoms with Crippen molar-refractivity contribution in [2.24, 2.45) is 0 Å². The molecule has 0 fully saturated rings. The highest BCUT2D eigenvalue weighted by atomic mass is 16.1. The summed E-state index contributed by atoms with van der Waals surface area (Å²) < 4.78 is 0. The van der Waals surface area contributed by atoms with Gasteiger partial charge in [-0.1, -0.05) is 48.5 Å². The molecule has 1 heterocycles. The summed E-state index contributed by atoms with van der Waals surface area (Å²) in [5.41, 5.74) is 2.88. The number of benzene rings is 2. The first-order valence-electron chi connectivity index (χ1n) is 7.28. The molecule has 1 aromatic heterocycles. The van der Waals surface area contributed by atoms with Crippen LogP contribution in [0, 0.1) is 11.3 Å². The predicted octanol–water partition coefficient (Wildman–Crippen LogP) is 3.39. The molecule has 3 aromatic rings. The van der Waals surface area contributed by atoms with E-state index < -0.39 is 0 Å². The zero-order valence-electron chi connectivity index (χ0n) is 12.4. The maximum Gasteiger partial charge on any atom is 0.262 e. The number of hydrogen-bond donors (Lipinski definition) is 2. The van der Waals surface area contributed by atoms with Gasteiger partial charge >= 0.3 is 0 Å². The van der Waals surface area contributed by atoms with E-state index in [4.69, 9.17) is 0 Å². The highest BCUT2D eigenvalue weighted by molar-refractivity contribution is 6.03. The van der Waals surface area contributed by atoms with E-state index in [2.05, 4.69) is 10.3 Å². The van der Waals surface area contributed by atoms with Crippen molar-refractivity contribution in [2.75, 3.05) is 0 Å². The third-order valence-electron chi connectivity index (χ3n) is 3.58. The Morgan fingerprint density at radius 1 is 1.13 bits per heavy atom. The number of carbonyl (C=O) groups excluding carboxylic acids is 1. The molecule has 112 valence electrons. The van der Waals surface area contributed by atoms with E-state index in [0.717, 1.165) is 22.0 Å². The van der Waals surface area contributed by atoms with Crippen LogP contribution in [0.1, 0.15) is 11.1 Å². The highest BCUT2D eigenvalue weighted by Gasteiger charge is 2.10. The van der Waals surface area contributed by atoms with Gasteiger partial charge in [-0.3, -0.25) is 4.79 Å². The van der Waals surface area contributed by atoms with Gasteiger partial charge in [0.15, 0.2) is 0 Å². The van der Waals surface area contributed by atoms with E-state index in [-0.39, 0.29) is 11.5 Å². The number of para-hydroxylation sites is 1. The van der Waals surface area contributed by atoms with Crippen LogP contribution in [0.2, 0.25) is 0 Å². The number of aromatic nitrogens is 1. The van der Waals surface area contributed by atoms with Gasteiger partial charge < -0.3 is 10.3 Å². The molecule has 4 nitrogen and oxygen atoms in total. The van der Waals surface area contributed by atoms with Crippen molar-refractivity contribution < 1.29 is 4.79 Å². The average molecular weight is 301 g/mol. The summed E-state index contributed by atoms with van der Waals surface area (Å²) in [5, 5.41) is 13.0. The van der Waals surface area contributed by atoms with Gasteiger partial charge in [0.2, 0.25) is 0 Å². The average Bonchev–Trinajstić information content (AvgIpc) is 3.01. The largest absolute Gasteiger partial charge is 0.361 e. The minimum absolute atomic E-state index is 0.0886. The molecule has 0 unspecified atom stereocenters. The fourth-order valence-electron chi connectivity index (χ4n) is 2.39. The van der Waals surface area contributed by atoms with E-state index in [9.17, 15) is 10.1 Å². The molecule has 1 amide bonds.